The number of aromatic nitrogens is 2. The van der Waals surface area contributed by atoms with E-state index in [1.54, 1.807) is 22.9 Å². The third-order valence-electron chi connectivity index (χ3n) is 4.34. The number of halogens is 2. The zero-order chi connectivity index (χ0) is 22.0. The van der Waals surface area contributed by atoms with Crippen molar-refractivity contribution in [3.63, 3.8) is 0 Å². The molecular weight excluding hydrogens is 476 g/mol. The Morgan fingerprint density at radius 2 is 2.00 bits per heavy atom. The second kappa shape index (κ2) is 8.85. The Kier molecular flexibility index (Phi) is 6.42. The van der Waals surface area contributed by atoms with Crippen LogP contribution in [-0.4, -0.2) is 20.6 Å². The fourth-order valence-corrected chi connectivity index (χ4v) is 3.35. The molecule has 8 nitrogen and oxygen atoms in total. The van der Waals surface area contributed by atoms with E-state index in [9.17, 15) is 14.9 Å². The molecule has 1 heterocycles. The molecule has 156 valence electrons. The van der Waals surface area contributed by atoms with Crippen molar-refractivity contribution in [2.75, 3.05) is 5.32 Å². The van der Waals surface area contributed by atoms with E-state index in [0.29, 0.717) is 10.8 Å². The van der Waals surface area contributed by atoms with Gasteiger partial charge in [0.05, 0.1) is 32.5 Å². The van der Waals surface area contributed by atoms with Gasteiger partial charge in [-0.25, -0.2) is 0 Å². The number of non-ortho nitro benzene ring substituents is 1. The van der Waals surface area contributed by atoms with Crippen molar-refractivity contribution < 1.29 is 14.5 Å². The second-order valence-electron chi connectivity index (χ2n) is 6.68. The van der Waals surface area contributed by atoms with Gasteiger partial charge < -0.3 is 10.1 Å². The molecule has 0 unspecified atom stereocenters. The standard InChI is InChI=1S/C20H18BrClN4O4/c1-11-6-14(22)4-5-18(11)30-17-8-15(7-16(9-17)26(28)29)23-19(27)10-25-13(3)20(21)12(2)24-25/h4-9H,10H2,1-3H3,(H,23,27). The molecule has 0 atom stereocenters. The minimum absolute atomic E-state index is 0.0343. The average molecular weight is 494 g/mol. The minimum atomic E-state index is -0.546. The molecule has 0 aliphatic heterocycles. The molecule has 0 aliphatic carbocycles. The molecule has 0 spiro atoms. The van der Waals surface area contributed by atoms with E-state index in [1.165, 1.54) is 18.2 Å². The maximum absolute atomic E-state index is 12.5. The Labute approximate surface area is 186 Å². The topological polar surface area (TPSA) is 99.3 Å². The number of nitrogens with one attached hydrogen (secondary N) is 1. The molecule has 0 radical (unpaired) electrons. The highest BCUT2D eigenvalue weighted by Gasteiger charge is 2.16. The van der Waals surface area contributed by atoms with Crippen molar-refractivity contribution in [3.8, 4) is 11.5 Å². The number of nitrogens with zero attached hydrogens (tertiary/aromatic N) is 3. The van der Waals surface area contributed by atoms with Gasteiger partial charge in [0, 0.05) is 17.2 Å². The average Bonchev–Trinajstić information content (AvgIpc) is 2.90. The number of aryl methyl sites for hydroxylation is 2. The fraction of sp³-hybridized carbons (Fsp3) is 0.200. The van der Waals surface area contributed by atoms with Crippen molar-refractivity contribution in [1.29, 1.82) is 0 Å². The lowest BCUT2D eigenvalue weighted by atomic mass is 10.2. The smallest absolute Gasteiger partial charge is 0.275 e. The van der Waals surface area contributed by atoms with Gasteiger partial charge in [-0.3, -0.25) is 19.6 Å². The summed E-state index contributed by atoms with van der Waals surface area (Å²) in [6.07, 6.45) is 0. The summed E-state index contributed by atoms with van der Waals surface area (Å²) in [5, 5.41) is 18.9. The lowest BCUT2D eigenvalue weighted by Gasteiger charge is -2.11. The first-order valence-corrected chi connectivity index (χ1v) is 10.0. The molecule has 0 aliphatic rings. The zero-order valence-electron chi connectivity index (χ0n) is 16.4. The summed E-state index contributed by atoms with van der Waals surface area (Å²) in [6.45, 7) is 5.45. The monoisotopic (exact) mass is 492 g/mol. The van der Waals surface area contributed by atoms with Crippen molar-refractivity contribution in [2.45, 2.75) is 27.3 Å². The van der Waals surface area contributed by atoms with Gasteiger partial charge in [-0.1, -0.05) is 11.6 Å². The SMILES string of the molecule is Cc1cc(Cl)ccc1Oc1cc(NC(=O)Cn2nc(C)c(Br)c2C)cc([N+](=O)[O-])c1. The fourth-order valence-electron chi connectivity index (χ4n) is 2.84. The van der Waals surface area contributed by atoms with Crippen LogP contribution < -0.4 is 10.1 Å². The van der Waals surface area contributed by atoms with Gasteiger partial charge in [-0.2, -0.15) is 5.10 Å². The van der Waals surface area contributed by atoms with Crippen LogP contribution in [0.1, 0.15) is 17.0 Å². The summed E-state index contributed by atoms with van der Waals surface area (Å²) in [6, 6.07) is 9.16. The molecule has 3 aromatic rings. The highest BCUT2D eigenvalue weighted by molar-refractivity contribution is 9.10. The second-order valence-corrected chi connectivity index (χ2v) is 7.90. The number of benzene rings is 2. The van der Waals surface area contributed by atoms with Crippen molar-refractivity contribution >= 4 is 44.8 Å². The van der Waals surface area contributed by atoms with Crippen LogP contribution in [0.3, 0.4) is 0 Å². The Hall–Kier alpha value is -2.91. The summed E-state index contributed by atoms with van der Waals surface area (Å²) in [5.41, 5.74) is 2.39. The molecule has 0 fully saturated rings. The Morgan fingerprint density at radius 3 is 2.60 bits per heavy atom. The number of nitro groups is 1. The maximum atomic E-state index is 12.5. The number of carbonyl (C=O) groups is 1. The Balaban J connectivity index is 1.84. The quantitative estimate of drug-likeness (QED) is 0.358. The first kappa shape index (κ1) is 21.8. The summed E-state index contributed by atoms with van der Waals surface area (Å²) in [7, 11) is 0. The molecular formula is C20H18BrClN4O4. The molecule has 3 rings (SSSR count). The van der Waals surface area contributed by atoms with Gasteiger partial charge >= 0.3 is 0 Å². The Bertz CT molecular complexity index is 1150. The van der Waals surface area contributed by atoms with Crippen molar-refractivity contribution in [3.05, 3.63) is 73.0 Å². The lowest BCUT2D eigenvalue weighted by Crippen LogP contribution is -2.20. The molecule has 30 heavy (non-hydrogen) atoms. The van der Waals surface area contributed by atoms with E-state index >= 15 is 0 Å². The highest BCUT2D eigenvalue weighted by atomic mass is 79.9. The van der Waals surface area contributed by atoms with Gasteiger partial charge in [0.15, 0.2) is 0 Å². The van der Waals surface area contributed by atoms with E-state index in [1.807, 2.05) is 20.8 Å². The number of anilines is 1. The Morgan fingerprint density at radius 1 is 1.27 bits per heavy atom. The number of hydrogen-bond acceptors (Lipinski definition) is 5. The first-order chi connectivity index (χ1) is 14.1. The number of hydrogen-bond donors (Lipinski definition) is 1. The molecule has 0 saturated heterocycles. The van der Waals surface area contributed by atoms with Gasteiger partial charge in [0.2, 0.25) is 5.91 Å². The van der Waals surface area contributed by atoms with Crippen molar-refractivity contribution in [1.82, 2.24) is 9.78 Å². The van der Waals surface area contributed by atoms with Crippen molar-refractivity contribution in [2.24, 2.45) is 0 Å². The van der Waals surface area contributed by atoms with Gasteiger partial charge in [0.25, 0.3) is 5.69 Å². The predicted molar refractivity (Wildman–Crippen MR) is 117 cm³/mol. The minimum Gasteiger partial charge on any atom is -0.457 e. The van der Waals surface area contributed by atoms with Crippen LogP contribution >= 0.6 is 27.5 Å². The van der Waals surface area contributed by atoms with Crippen LogP contribution in [0, 0.1) is 30.9 Å². The van der Waals surface area contributed by atoms with E-state index < -0.39 is 4.92 Å². The summed E-state index contributed by atoms with van der Waals surface area (Å²) >= 11 is 9.37. The number of ether oxygens (including phenoxy) is 1. The first-order valence-electron chi connectivity index (χ1n) is 8.87. The number of nitro benzene ring substituents is 1. The van der Waals surface area contributed by atoms with Gasteiger partial charge in [-0.05, 0) is 60.5 Å². The van der Waals surface area contributed by atoms with Crippen LogP contribution in [0.25, 0.3) is 0 Å². The molecule has 0 bridgehead atoms. The normalized spacial score (nSPS) is 10.7. The molecule has 1 aromatic heterocycles. The van der Waals surface area contributed by atoms with Gasteiger partial charge in [-0.15, -0.1) is 0 Å². The molecule has 2 aromatic carbocycles. The highest BCUT2D eigenvalue weighted by Crippen LogP contribution is 2.32. The maximum Gasteiger partial charge on any atom is 0.275 e. The van der Waals surface area contributed by atoms with Crippen LogP contribution in [0.5, 0.6) is 11.5 Å². The van der Waals surface area contributed by atoms with Crippen LogP contribution in [0.4, 0.5) is 11.4 Å². The third-order valence-corrected chi connectivity index (χ3v) is 5.72. The summed E-state index contributed by atoms with van der Waals surface area (Å²) in [4.78, 5) is 23.3. The van der Waals surface area contributed by atoms with E-state index in [0.717, 1.165) is 21.4 Å². The lowest BCUT2D eigenvalue weighted by molar-refractivity contribution is -0.384. The van der Waals surface area contributed by atoms with E-state index in [2.05, 4.69) is 26.3 Å². The molecule has 10 heteroatoms. The molecule has 1 amide bonds. The number of rotatable bonds is 6. The summed E-state index contributed by atoms with van der Waals surface area (Å²) < 4.78 is 8.18. The van der Waals surface area contributed by atoms with E-state index in [4.69, 9.17) is 16.3 Å². The van der Waals surface area contributed by atoms with Crippen LogP contribution in [0.15, 0.2) is 40.9 Å². The number of amides is 1. The molecule has 0 saturated carbocycles. The van der Waals surface area contributed by atoms with Gasteiger partial charge in [0.1, 0.15) is 18.0 Å². The van der Waals surface area contributed by atoms with Crippen LogP contribution in [-0.2, 0) is 11.3 Å². The third kappa shape index (κ3) is 4.98. The summed E-state index contributed by atoms with van der Waals surface area (Å²) in [5.74, 6) is 0.352. The largest absolute Gasteiger partial charge is 0.457 e. The van der Waals surface area contributed by atoms with Crippen LogP contribution in [0.2, 0.25) is 5.02 Å². The molecule has 1 N–H and O–H groups in total. The zero-order valence-corrected chi connectivity index (χ0v) is 18.7. The number of carbonyl (C=O) groups excluding carboxylic acids is 1. The predicted octanol–water partition coefficient (Wildman–Crippen LogP) is 5.56. The van der Waals surface area contributed by atoms with E-state index in [-0.39, 0.29) is 29.6 Å².